The van der Waals surface area contributed by atoms with Crippen molar-refractivity contribution in [3.05, 3.63) is 53.6 Å². The Hall–Kier alpha value is -2.58. The molecule has 8 heteroatoms. The van der Waals surface area contributed by atoms with E-state index >= 15 is 0 Å². The summed E-state index contributed by atoms with van der Waals surface area (Å²) in [6.45, 7) is 1.91. The van der Waals surface area contributed by atoms with E-state index in [-0.39, 0.29) is 16.2 Å². The fourth-order valence-electron chi connectivity index (χ4n) is 2.13. The predicted molar refractivity (Wildman–Crippen MR) is 96.1 cm³/mol. The van der Waals surface area contributed by atoms with E-state index in [0.29, 0.717) is 5.69 Å². The first-order valence-corrected chi connectivity index (χ1v) is 8.97. The van der Waals surface area contributed by atoms with E-state index in [0.717, 1.165) is 5.56 Å². The smallest absolute Gasteiger partial charge is 0.265 e. The van der Waals surface area contributed by atoms with Gasteiger partial charge in [0.05, 0.1) is 7.11 Å². The van der Waals surface area contributed by atoms with Crippen LogP contribution in [0.15, 0.2) is 47.4 Å². The summed E-state index contributed by atoms with van der Waals surface area (Å²) in [6, 6.07) is 11.2. The number of nitrogens with one attached hydrogen (secondary N) is 2. The molecule has 0 atom stereocenters. The Labute approximate surface area is 147 Å². The Morgan fingerprint density at radius 3 is 2.28 bits per heavy atom. The molecule has 2 rings (SSSR count). The maximum Gasteiger partial charge on any atom is 0.265 e. The molecule has 0 aromatic heterocycles. The summed E-state index contributed by atoms with van der Waals surface area (Å²) >= 11 is 0. The summed E-state index contributed by atoms with van der Waals surface area (Å²) in [4.78, 5) is 12.0. The number of carbonyl (C=O) groups excluding carboxylic acids is 1. The molecule has 0 heterocycles. The second-order valence-electron chi connectivity index (χ2n) is 5.67. The Balaban J connectivity index is 2.40. The largest absolute Gasteiger partial charge is 0.495 e. The van der Waals surface area contributed by atoms with Gasteiger partial charge in [-0.05, 0) is 37.3 Å². The van der Waals surface area contributed by atoms with Gasteiger partial charge in [-0.25, -0.2) is 13.4 Å². The van der Waals surface area contributed by atoms with Crippen LogP contribution in [-0.4, -0.2) is 40.5 Å². The summed E-state index contributed by atoms with van der Waals surface area (Å²) < 4.78 is 33.1. The molecule has 0 fully saturated rings. The van der Waals surface area contributed by atoms with Gasteiger partial charge in [0.1, 0.15) is 10.6 Å². The Bertz CT molecular complexity index is 862. The van der Waals surface area contributed by atoms with Gasteiger partial charge >= 0.3 is 0 Å². The van der Waals surface area contributed by atoms with Gasteiger partial charge in [0.25, 0.3) is 15.9 Å². The number of nitrogens with zero attached hydrogens (tertiary/aromatic N) is 1. The van der Waals surface area contributed by atoms with Crippen molar-refractivity contribution in [2.45, 2.75) is 11.8 Å². The first kappa shape index (κ1) is 18.8. The van der Waals surface area contributed by atoms with Crippen molar-refractivity contribution >= 4 is 21.6 Å². The average molecular weight is 363 g/mol. The normalized spacial score (nSPS) is 11.2. The van der Waals surface area contributed by atoms with Crippen molar-refractivity contribution < 1.29 is 17.9 Å². The summed E-state index contributed by atoms with van der Waals surface area (Å²) in [5.74, 6) is -0.263. The van der Waals surface area contributed by atoms with Gasteiger partial charge in [0.2, 0.25) is 0 Å². The number of hydrogen-bond acceptors (Lipinski definition) is 5. The van der Waals surface area contributed by atoms with Crippen LogP contribution in [-0.2, 0) is 10.0 Å². The number of methoxy groups -OCH3 is 1. The molecule has 0 aliphatic heterocycles. The molecule has 0 aliphatic rings. The zero-order valence-corrected chi connectivity index (χ0v) is 15.3. The number of anilines is 1. The number of rotatable bonds is 6. The third-order valence-corrected chi connectivity index (χ3v) is 4.75. The lowest BCUT2D eigenvalue weighted by Crippen LogP contribution is -2.36. The molecule has 0 saturated heterocycles. The number of ether oxygens (including phenoxy) is 1. The SMILES string of the molecule is COc1ccc(C(=O)NN(C)C)cc1S(=O)(=O)Nc1ccc(C)cc1. The van der Waals surface area contributed by atoms with E-state index in [1.807, 2.05) is 6.92 Å². The number of benzene rings is 2. The van der Waals surface area contributed by atoms with E-state index in [9.17, 15) is 13.2 Å². The van der Waals surface area contributed by atoms with Crippen molar-refractivity contribution in [2.75, 3.05) is 25.9 Å². The van der Waals surface area contributed by atoms with Crippen LogP contribution in [0.3, 0.4) is 0 Å². The molecule has 7 nitrogen and oxygen atoms in total. The number of hydrogen-bond donors (Lipinski definition) is 2. The number of sulfonamides is 1. The van der Waals surface area contributed by atoms with Crippen LogP contribution in [0.25, 0.3) is 0 Å². The molecule has 2 aromatic rings. The van der Waals surface area contributed by atoms with Crippen molar-refractivity contribution in [3.63, 3.8) is 0 Å². The number of amides is 1. The van der Waals surface area contributed by atoms with Gasteiger partial charge in [-0.3, -0.25) is 14.9 Å². The third-order valence-electron chi connectivity index (χ3n) is 3.34. The molecule has 0 bridgehead atoms. The monoisotopic (exact) mass is 363 g/mol. The molecule has 0 unspecified atom stereocenters. The van der Waals surface area contributed by atoms with Gasteiger partial charge in [0.15, 0.2) is 0 Å². The van der Waals surface area contributed by atoms with Crippen LogP contribution < -0.4 is 14.9 Å². The second kappa shape index (κ2) is 7.54. The van der Waals surface area contributed by atoms with E-state index in [1.54, 1.807) is 38.4 Å². The molecule has 1 amide bonds. The lowest BCUT2D eigenvalue weighted by molar-refractivity contribution is 0.0856. The standard InChI is InChI=1S/C17H21N3O4S/c1-12-5-8-14(9-6-12)19-25(22,23)16-11-13(7-10-15(16)24-4)17(21)18-20(2)3/h5-11,19H,1-4H3,(H,18,21). The van der Waals surface area contributed by atoms with Crippen LogP contribution in [0.1, 0.15) is 15.9 Å². The minimum atomic E-state index is -3.92. The highest BCUT2D eigenvalue weighted by Gasteiger charge is 2.22. The molecule has 0 aliphatic carbocycles. The summed E-state index contributed by atoms with van der Waals surface area (Å²) in [5, 5.41) is 1.48. The van der Waals surface area contributed by atoms with Crippen molar-refractivity contribution in [1.29, 1.82) is 0 Å². The van der Waals surface area contributed by atoms with E-state index in [4.69, 9.17) is 4.74 Å². The van der Waals surface area contributed by atoms with Crippen LogP contribution >= 0.6 is 0 Å². The average Bonchev–Trinajstić information content (AvgIpc) is 2.55. The van der Waals surface area contributed by atoms with Crippen molar-refractivity contribution in [3.8, 4) is 5.75 Å². The Kier molecular flexibility index (Phi) is 5.66. The van der Waals surface area contributed by atoms with Gasteiger partial charge in [-0.15, -0.1) is 0 Å². The molecule has 0 saturated carbocycles. The topological polar surface area (TPSA) is 87.7 Å². The number of hydrazine groups is 1. The molecule has 2 N–H and O–H groups in total. The summed E-state index contributed by atoms with van der Waals surface area (Å²) in [6.07, 6.45) is 0. The zero-order chi connectivity index (χ0) is 18.6. The Morgan fingerprint density at radius 2 is 1.72 bits per heavy atom. The lowest BCUT2D eigenvalue weighted by Gasteiger charge is -2.15. The van der Waals surface area contributed by atoms with E-state index in [2.05, 4.69) is 10.1 Å². The first-order valence-electron chi connectivity index (χ1n) is 7.49. The van der Waals surface area contributed by atoms with E-state index < -0.39 is 15.9 Å². The lowest BCUT2D eigenvalue weighted by atomic mass is 10.2. The molecule has 134 valence electrons. The minimum Gasteiger partial charge on any atom is -0.495 e. The van der Waals surface area contributed by atoms with Crippen molar-refractivity contribution in [2.24, 2.45) is 0 Å². The van der Waals surface area contributed by atoms with Gasteiger partial charge in [-0.2, -0.15) is 0 Å². The first-order chi connectivity index (χ1) is 11.7. The highest BCUT2D eigenvalue weighted by molar-refractivity contribution is 7.92. The maximum absolute atomic E-state index is 12.7. The fourth-order valence-corrected chi connectivity index (χ4v) is 3.38. The van der Waals surface area contributed by atoms with E-state index in [1.165, 1.54) is 30.3 Å². The Morgan fingerprint density at radius 1 is 1.08 bits per heavy atom. The van der Waals surface area contributed by atoms with Crippen LogP contribution in [0.5, 0.6) is 5.75 Å². The molecule has 2 aromatic carbocycles. The fraction of sp³-hybridized carbons (Fsp3) is 0.235. The van der Waals surface area contributed by atoms with Crippen LogP contribution in [0, 0.1) is 6.92 Å². The molecular formula is C17H21N3O4S. The molecule has 0 spiro atoms. The van der Waals surface area contributed by atoms with Crippen LogP contribution in [0.2, 0.25) is 0 Å². The zero-order valence-electron chi connectivity index (χ0n) is 14.5. The maximum atomic E-state index is 12.7. The predicted octanol–water partition coefficient (Wildman–Crippen LogP) is 2.01. The quantitative estimate of drug-likeness (QED) is 0.767. The van der Waals surface area contributed by atoms with Crippen LogP contribution in [0.4, 0.5) is 5.69 Å². The molecule has 25 heavy (non-hydrogen) atoms. The number of carbonyl (C=O) groups is 1. The van der Waals surface area contributed by atoms with Gasteiger partial charge in [-0.1, -0.05) is 17.7 Å². The number of aryl methyl sites for hydroxylation is 1. The molecule has 0 radical (unpaired) electrons. The summed E-state index contributed by atoms with van der Waals surface area (Å²) in [7, 11) is 0.782. The van der Waals surface area contributed by atoms with Crippen molar-refractivity contribution in [1.82, 2.24) is 10.4 Å². The highest BCUT2D eigenvalue weighted by Crippen LogP contribution is 2.27. The third kappa shape index (κ3) is 4.71. The summed E-state index contributed by atoms with van der Waals surface area (Å²) in [5.41, 5.74) is 4.22. The minimum absolute atomic E-state index is 0.109. The van der Waals surface area contributed by atoms with Gasteiger partial charge < -0.3 is 4.74 Å². The second-order valence-corrected chi connectivity index (χ2v) is 7.32. The highest BCUT2D eigenvalue weighted by atomic mass is 32.2. The molecular weight excluding hydrogens is 342 g/mol. The van der Waals surface area contributed by atoms with Gasteiger partial charge in [0, 0.05) is 25.3 Å².